The smallest absolute Gasteiger partial charge is 0.246 e. The lowest BCUT2D eigenvalue weighted by molar-refractivity contribution is 0.306. The highest BCUT2D eigenvalue weighted by Gasteiger charge is 2.35. The summed E-state index contributed by atoms with van der Waals surface area (Å²) in [5, 5.41) is 3.89. The number of nitrogens with zero attached hydrogens (tertiary/aromatic N) is 3. The molecule has 1 unspecified atom stereocenters. The summed E-state index contributed by atoms with van der Waals surface area (Å²) in [7, 11) is -1.87. The summed E-state index contributed by atoms with van der Waals surface area (Å²) in [4.78, 5) is 0.426. The maximum atomic E-state index is 12.5. The zero-order valence-corrected chi connectivity index (χ0v) is 11.7. The second kappa shape index (κ2) is 4.94. The van der Waals surface area contributed by atoms with Gasteiger partial charge in [0.25, 0.3) is 0 Å². The minimum Gasteiger partial charge on any atom is -0.392 e. The summed E-state index contributed by atoms with van der Waals surface area (Å²) in [6.07, 6.45) is 5.30. The Morgan fingerprint density at radius 2 is 2.28 bits per heavy atom. The molecule has 1 aromatic rings. The summed E-state index contributed by atoms with van der Waals surface area (Å²) in [6.45, 7) is 0.458. The second-order valence-corrected chi connectivity index (χ2v) is 6.74. The van der Waals surface area contributed by atoms with Crippen molar-refractivity contribution in [2.45, 2.75) is 30.2 Å². The van der Waals surface area contributed by atoms with E-state index in [-0.39, 0.29) is 15.9 Å². The number of rotatable bonds is 3. The fourth-order valence-corrected chi connectivity index (χ4v) is 4.12. The Balaban J connectivity index is 2.36. The molecule has 8 heteroatoms. The predicted molar refractivity (Wildman–Crippen MR) is 71.5 cm³/mol. The molecule has 0 saturated carbocycles. The van der Waals surface area contributed by atoms with Gasteiger partial charge in [-0.05, 0) is 12.8 Å². The second-order valence-electron chi connectivity index (χ2n) is 4.38. The number of hydrogen-bond donors (Lipinski definition) is 1. The summed E-state index contributed by atoms with van der Waals surface area (Å²) >= 11 is 4.97. The largest absolute Gasteiger partial charge is 0.392 e. The molecule has 2 N–H and O–H groups in total. The van der Waals surface area contributed by atoms with Gasteiger partial charge in [-0.15, -0.1) is 0 Å². The molecule has 18 heavy (non-hydrogen) atoms. The van der Waals surface area contributed by atoms with Crippen molar-refractivity contribution in [2.24, 2.45) is 12.8 Å². The van der Waals surface area contributed by atoms with Crippen molar-refractivity contribution in [3.8, 4) is 0 Å². The zero-order valence-electron chi connectivity index (χ0n) is 10.1. The van der Waals surface area contributed by atoms with Gasteiger partial charge >= 0.3 is 0 Å². The number of sulfonamides is 1. The predicted octanol–water partition coefficient (Wildman–Crippen LogP) is 0.249. The number of nitrogens with two attached hydrogens (primary N) is 1. The summed E-state index contributed by atoms with van der Waals surface area (Å²) in [6, 6.07) is -0.376. The van der Waals surface area contributed by atoms with Crippen LogP contribution >= 0.6 is 12.2 Å². The Bertz CT molecular complexity index is 552. The molecule has 1 saturated heterocycles. The van der Waals surface area contributed by atoms with Crippen molar-refractivity contribution in [2.75, 3.05) is 6.54 Å². The van der Waals surface area contributed by atoms with E-state index in [1.165, 1.54) is 21.4 Å². The molecule has 1 aliphatic heterocycles. The molecule has 0 spiro atoms. The van der Waals surface area contributed by atoms with Crippen LogP contribution in [0.5, 0.6) is 0 Å². The van der Waals surface area contributed by atoms with Gasteiger partial charge in [0.2, 0.25) is 10.0 Å². The fraction of sp³-hybridized carbons (Fsp3) is 0.600. The molecule has 6 nitrogen and oxygen atoms in total. The molecule has 1 aliphatic rings. The van der Waals surface area contributed by atoms with Gasteiger partial charge in [-0.3, -0.25) is 4.68 Å². The Hall–Kier alpha value is -0.990. The summed E-state index contributed by atoms with van der Waals surface area (Å²) in [5.74, 6) is 0. The number of thiocarbonyl (C=S) groups is 1. The van der Waals surface area contributed by atoms with E-state index in [2.05, 4.69) is 5.10 Å². The molecule has 2 rings (SSSR count). The zero-order chi connectivity index (χ0) is 13.3. The molecule has 0 amide bonds. The molecular weight excluding hydrogens is 272 g/mol. The van der Waals surface area contributed by atoms with Crippen molar-refractivity contribution in [1.29, 1.82) is 0 Å². The van der Waals surface area contributed by atoms with Gasteiger partial charge in [0.15, 0.2) is 0 Å². The van der Waals surface area contributed by atoms with Gasteiger partial charge in [0.05, 0.1) is 17.2 Å². The Kier molecular flexibility index (Phi) is 3.69. The molecule has 1 atom stereocenters. The van der Waals surface area contributed by atoms with Gasteiger partial charge in [-0.25, -0.2) is 8.42 Å². The Morgan fingerprint density at radius 3 is 2.83 bits per heavy atom. The van der Waals surface area contributed by atoms with Gasteiger partial charge in [-0.1, -0.05) is 18.6 Å². The standard InChI is InChI=1S/C10H16N4O2S2/c1-13-7-8(6-12-13)18(15,16)14-5-3-2-4-9(14)10(11)17/h6-7,9H,2-5H2,1H3,(H2,11,17). The monoisotopic (exact) mass is 288 g/mol. The maximum absolute atomic E-state index is 12.5. The van der Waals surface area contributed by atoms with Gasteiger partial charge < -0.3 is 5.73 Å². The van der Waals surface area contributed by atoms with Crippen LogP contribution in [0.1, 0.15) is 19.3 Å². The first-order valence-electron chi connectivity index (χ1n) is 5.73. The average molecular weight is 288 g/mol. The normalized spacial score (nSPS) is 21.9. The van der Waals surface area contributed by atoms with Crippen molar-refractivity contribution >= 4 is 27.2 Å². The lowest BCUT2D eigenvalue weighted by Crippen LogP contribution is -2.49. The van der Waals surface area contributed by atoms with E-state index in [1.54, 1.807) is 7.05 Å². The van der Waals surface area contributed by atoms with Crippen molar-refractivity contribution in [3.63, 3.8) is 0 Å². The van der Waals surface area contributed by atoms with Crippen molar-refractivity contribution in [1.82, 2.24) is 14.1 Å². The van der Waals surface area contributed by atoms with E-state index >= 15 is 0 Å². The van der Waals surface area contributed by atoms with E-state index in [0.29, 0.717) is 13.0 Å². The molecule has 0 aliphatic carbocycles. The van der Waals surface area contributed by atoms with E-state index in [1.807, 2.05) is 0 Å². The van der Waals surface area contributed by atoms with E-state index in [4.69, 9.17) is 18.0 Å². The molecule has 1 fully saturated rings. The number of piperidine rings is 1. The molecular formula is C10H16N4O2S2. The number of hydrogen-bond acceptors (Lipinski definition) is 4. The van der Waals surface area contributed by atoms with Crippen molar-refractivity contribution < 1.29 is 8.42 Å². The molecule has 1 aromatic heterocycles. The SMILES string of the molecule is Cn1cc(S(=O)(=O)N2CCCCC2C(N)=S)cn1. The first-order chi connectivity index (χ1) is 8.43. The highest BCUT2D eigenvalue weighted by molar-refractivity contribution is 7.89. The van der Waals surface area contributed by atoms with Gasteiger partial charge in [0.1, 0.15) is 4.90 Å². The number of aryl methyl sites for hydroxylation is 1. The van der Waals surface area contributed by atoms with Gasteiger partial charge in [0, 0.05) is 19.8 Å². The molecule has 100 valence electrons. The van der Waals surface area contributed by atoms with E-state index in [9.17, 15) is 8.42 Å². The van der Waals surface area contributed by atoms with E-state index < -0.39 is 10.0 Å². The quantitative estimate of drug-likeness (QED) is 0.806. The minimum absolute atomic E-state index is 0.188. The average Bonchev–Trinajstić information content (AvgIpc) is 2.76. The molecule has 0 radical (unpaired) electrons. The highest BCUT2D eigenvalue weighted by Crippen LogP contribution is 2.25. The number of aromatic nitrogens is 2. The first kappa shape index (κ1) is 13.4. The van der Waals surface area contributed by atoms with Crippen LogP contribution < -0.4 is 5.73 Å². The highest BCUT2D eigenvalue weighted by atomic mass is 32.2. The van der Waals surface area contributed by atoms with Crippen molar-refractivity contribution in [3.05, 3.63) is 12.4 Å². The third-order valence-electron chi connectivity index (χ3n) is 3.07. The maximum Gasteiger partial charge on any atom is 0.246 e. The van der Waals surface area contributed by atoms with Crippen LogP contribution in [0.25, 0.3) is 0 Å². The molecule has 0 bridgehead atoms. The van der Waals surface area contributed by atoms with Crippen LogP contribution in [-0.4, -0.2) is 40.1 Å². The Labute approximate surface area is 112 Å². The molecule has 2 heterocycles. The van der Waals surface area contributed by atoms with Crippen LogP contribution in [0.2, 0.25) is 0 Å². The van der Waals surface area contributed by atoms with Crippen LogP contribution in [0.3, 0.4) is 0 Å². The third kappa shape index (κ3) is 2.40. The topological polar surface area (TPSA) is 81.2 Å². The molecule has 0 aromatic carbocycles. The summed E-state index contributed by atoms with van der Waals surface area (Å²) < 4.78 is 27.8. The van der Waals surface area contributed by atoms with Crippen LogP contribution in [0.4, 0.5) is 0 Å². The lowest BCUT2D eigenvalue weighted by atomic mass is 10.1. The first-order valence-corrected chi connectivity index (χ1v) is 7.57. The van der Waals surface area contributed by atoms with Crippen LogP contribution in [0.15, 0.2) is 17.3 Å². The fourth-order valence-electron chi connectivity index (χ4n) is 2.14. The van der Waals surface area contributed by atoms with Gasteiger partial charge in [-0.2, -0.15) is 9.40 Å². The Morgan fingerprint density at radius 1 is 1.56 bits per heavy atom. The third-order valence-corrected chi connectivity index (χ3v) is 5.20. The lowest BCUT2D eigenvalue weighted by Gasteiger charge is -2.33. The van der Waals surface area contributed by atoms with Crippen LogP contribution in [0, 0.1) is 0 Å². The van der Waals surface area contributed by atoms with Crippen LogP contribution in [-0.2, 0) is 17.1 Å². The minimum atomic E-state index is -3.55. The summed E-state index contributed by atoms with van der Waals surface area (Å²) in [5.41, 5.74) is 5.64. The van der Waals surface area contributed by atoms with E-state index in [0.717, 1.165) is 12.8 Å².